The smallest absolute Gasteiger partial charge is 0.376 e. The van der Waals surface area contributed by atoms with E-state index in [1.165, 1.54) is 18.2 Å². The van der Waals surface area contributed by atoms with Gasteiger partial charge >= 0.3 is 15.6 Å². The normalized spacial score (nSPS) is 14.0. The van der Waals surface area contributed by atoms with Gasteiger partial charge in [0, 0.05) is 0 Å². The van der Waals surface area contributed by atoms with Gasteiger partial charge in [0.2, 0.25) is 0 Å². The molecule has 0 fully saturated rings. The SMILES string of the molecule is C=C(/C(=C\C(F)=C/C(C)C)c1ccc(OS(=O)(=O)C(F)(F)F)cc1C)C(C)C. The third-order valence-electron chi connectivity index (χ3n) is 3.80. The van der Waals surface area contributed by atoms with Gasteiger partial charge in [0.1, 0.15) is 11.6 Å². The molecule has 0 N–H and O–H groups in total. The van der Waals surface area contributed by atoms with Gasteiger partial charge < -0.3 is 4.18 Å². The van der Waals surface area contributed by atoms with E-state index in [1.807, 2.05) is 27.7 Å². The second kappa shape index (κ2) is 8.94. The highest BCUT2D eigenvalue weighted by atomic mass is 32.2. The molecule has 0 saturated heterocycles. The molecule has 0 heterocycles. The number of halogens is 4. The molecule has 1 rings (SSSR count). The monoisotopic (exact) mass is 420 g/mol. The van der Waals surface area contributed by atoms with Crippen molar-refractivity contribution in [1.82, 2.24) is 0 Å². The number of alkyl halides is 3. The minimum atomic E-state index is -5.76. The van der Waals surface area contributed by atoms with E-state index < -0.39 is 27.2 Å². The van der Waals surface area contributed by atoms with Crippen LogP contribution in [-0.2, 0) is 10.1 Å². The number of benzene rings is 1. The van der Waals surface area contributed by atoms with Crippen LogP contribution in [-0.4, -0.2) is 13.9 Å². The Kier molecular flexibility index (Phi) is 7.65. The lowest BCUT2D eigenvalue weighted by atomic mass is 9.88. The summed E-state index contributed by atoms with van der Waals surface area (Å²) in [5, 5.41) is 0. The van der Waals surface area contributed by atoms with Crippen molar-refractivity contribution in [2.75, 3.05) is 0 Å². The molecular weight excluding hydrogens is 396 g/mol. The highest BCUT2D eigenvalue weighted by molar-refractivity contribution is 7.88. The van der Waals surface area contributed by atoms with Crippen molar-refractivity contribution < 1.29 is 30.2 Å². The molecule has 0 amide bonds. The average molecular weight is 420 g/mol. The van der Waals surface area contributed by atoms with E-state index >= 15 is 0 Å². The van der Waals surface area contributed by atoms with Crippen LogP contribution in [0.5, 0.6) is 5.75 Å². The van der Waals surface area contributed by atoms with Crippen LogP contribution in [0.2, 0.25) is 0 Å². The van der Waals surface area contributed by atoms with Crippen molar-refractivity contribution in [3.8, 4) is 5.75 Å². The molecule has 1 aromatic carbocycles. The predicted octanol–water partition coefficient (Wildman–Crippen LogP) is 6.33. The standard InChI is InChI=1S/C20H24F4O3S/c1-12(2)9-16(21)11-19(15(6)13(3)4)18-8-7-17(10-14(18)5)27-28(25,26)20(22,23)24/h7-13H,6H2,1-5H3/b16-9+,19-11+. The highest BCUT2D eigenvalue weighted by Gasteiger charge is 2.48. The van der Waals surface area contributed by atoms with Crippen LogP contribution in [0.1, 0.15) is 38.8 Å². The number of hydrogen-bond donors (Lipinski definition) is 0. The Morgan fingerprint density at radius 2 is 1.75 bits per heavy atom. The third-order valence-corrected chi connectivity index (χ3v) is 4.77. The van der Waals surface area contributed by atoms with Crippen LogP contribution >= 0.6 is 0 Å². The first-order valence-electron chi connectivity index (χ1n) is 8.55. The van der Waals surface area contributed by atoms with E-state index in [4.69, 9.17) is 0 Å². The zero-order valence-corrected chi connectivity index (χ0v) is 17.2. The zero-order valence-electron chi connectivity index (χ0n) is 16.4. The first kappa shape index (κ1) is 23.9. The van der Waals surface area contributed by atoms with Crippen molar-refractivity contribution in [2.24, 2.45) is 11.8 Å². The summed E-state index contributed by atoms with van der Waals surface area (Å²) in [6, 6.07) is 3.64. The van der Waals surface area contributed by atoms with E-state index in [1.54, 1.807) is 6.92 Å². The Bertz CT molecular complexity index is 893. The van der Waals surface area contributed by atoms with Crippen molar-refractivity contribution in [1.29, 1.82) is 0 Å². The van der Waals surface area contributed by atoms with Gasteiger partial charge in [-0.15, -0.1) is 0 Å². The molecule has 0 aliphatic carbocycles. The molecule has 0 aliphatic heterocycles. The quantitative estimate of drug-likeness (QED) is 0.224. The van der Waals surface area contributed by atoms with E-state index in [0.717, 1.165) is 12.1 Å². The molecule has 0 aromatic heterocycles. The van der Waals surface area contributed by atoms with E-state index in [-0.39, 0.29) is 11.8 Å². The van der Waals surface area contributed by atoms with Crippen molar-refractivity contribution in [3.05, 3.63) is 59.5 Å². The summed E-state index contributed by atoms with van der Waals surface area (Å²) in [6.07, 6.45) is 2.74. The Balaban J connectivity index is 3.42. The van der Waals surface area contributed by atoms with Gasteiger partial charge in [-0.2, -0.15) is 21.6 Å². The van der Waals surface area contributed by atoms with Crippen molar-refractivity contribution >= 4 is 15.7 Å². The molecule has 0 spiro atoms. The van der Waals surface area contributed by atoms with Gasteiger partial charge in [-0.3, -0.25) is 0 Å². The first-order valence-corrected chi connectivity index (χ1v) is 9.96. The molecule has 0 unspecified atom stereocenters. The lowest BCUT2D eigenvalue weighted by molar-refractivity contribution is -0.0500. The number of rotatable bonds is 7. The fraction of sp³-hybridized carbons (Fsp3) is 0.400. The number of aryl methyl sites for hydroxylation is 1. The third kappa shape index (κ3) is 6.22. The van der Waals surface area contributed by atoms with Crippen LogP contribution in [0.25, 0.3) is 5.57 Å². The summed E-state index contributed by atoms with van der Waals surface area (Å²) in [7, 11) is -5.76. The summed E-state index contributed by atoms with van der Waals surface area (Å²) >= 11 is 0. The highest BCUT2D eigenvalue weighted by Crippen LogP contribution is 2.34. The summed E-state index contributed by atoms with van der Waals surface area (Å²) in [5.41, 5.74) is -3.48. The van der Waals surface area contributed by atoms with Gasteiger partial charge in [0.15, 0.2) is 0 Å². The molecule has 0 radical (unpaired) electrons. The Hall–Kier alpha value is -2.09. The van der Waals surface area contributed by atoms with Gasteiger partial charge in [0.25, 0.3) is 0 Å². The maximum atomic E-state index is 14.3. The number of allylic oxidation sites excluding steroid dienone is 5. The van der Waals surface area contributed by atoms with Crippen molar-refractivity contribution in [3.63, 3.8) is 0 Å². The van der Waals surface area contributed by atoms with Crippen LogP contribution in [0, 0.1) is 18.8 Å². The lowest BCUT2D eigenvalue weighted by Gasteiger charge is -2.18. The molecule has 28 heavy (non-hydrogen) atoms. The fourth-order valence-corrected chi connectivity index (χ4v) is 2.77. The molecule has 0 atom stereocenters. The van der Waals surface area contributed by atoms with E-state index in [2.05, 4.69) is 10.8 Å². The lowest BCUT2D eigenvalue weighted by Crippen LogP contribution is -2.28. The summed E-state index contributed by atoms with van der Waals surface area (Å²) in [6.45, 7) is 12.9. The molecule has 3 nitrogen and oxygen atoms in total. The maximum absolute atomic E-state index is 14.3. The molecule has 0 saturated carbocycles. The molecule has 0 aliphatic rings. The summed E-state index contributed by atoms with van der Waals surface area (Å²) in [5.74, 6) is -0.981. The average Bonchev–Trinajstić information content (AvgIpc) is 2.50. The molecule has 8 heteroatoms. The second-order valence-corrected chi connectivity index (χ2v) is 8.53. The van der Waals surface area contributed by atoms with Gasteiger partial charge in [-0.1, -0.05) is 40.3 Å². The zero-order chi connectivity index (χ0) is 21.9. The fourth-order valence-electron chi connectivity index (χ4n) is 2.32. The topological polar surface area (TPSA) is 43.4 Å². The second-order valence-electron chi connectivity index (χ2n) is 6.99. The van der Waals surface area contributed by atoms with Gasteiger partial charge in [-0.25, -0.2) is 4.39 Å². The number of hydrogen-bond acceptors (Lipinski definition) is 3. The molecular formula is C20H24F4O3S. The van der Waals surface area contributed by atoms with Crippen LogP contribution in [0.15, 0.2) is 48.3 Å². The maximum Gasteiger partial charge on any atom is 0.534 e. The van der Waals surface area contributed by atoms with Crippen LogP contribution in [0.3, 0.4) is 0 Å². The Morgan fingerprint density at radius 3 is 2.18 bits per heavy atom. The van der Waals surface area contributed by atoms with Crippen LogP contribution in [0.4, 0.5) is 17.6 Å². The minimum absolute atomic E-state index is 0.0148. The predicted molar refractivity (Wildman–Crippen MR) is 103 cm³/mol. The molecule has 1 aromatic rings. The molecule has 156 valence electrons. The largest absolute Gasteiger partial charge is 0.534 e. The van der Waals surface area contributed by atoms with Gasteiger partial charge in [0.05, 0.1) is 0 Å². The first-order chi connectivity index (χ1) is 12.7. The minimum Gasteiger partial charge on any atom is -0.376 e. The Morgan fingerprint density at radius 1 is 1.18 bits per heavy atom. The van der Waals surface area contributed by atoms with Crippen molar-refractivity contribution in [2.45, 2.75) is 40.1 Å². The van der Waals surface area contributed by atoms with Crippen LogP contribution < -0.4 is 4.18 Å². The Labute approximate surface area is 163 Å². The van der Waals surface area contributed by atoms with Gasteiger partial charge in [-0.05, 0) is 65.3 Å². The summed E-state index contributed by atoms with van der Waals surface area (Å²) in [4.78, 5) is 0. The summed E-state index contributed by atoms with van der Waals surface area (Å²) < 4.78 is 78.2. The van der Waals surface area contributed by atoms with E-state index in [9.17, 15) is 26.0 Å². The van der Waals surface area contributed by atoms with E-state index in [0.29, 0.717) is 22.3 Å². The molecule has 0 bridgehead atoms.